The van der Waals surface area contributed by atoms with Crippen molar-refractivity contribution in [3.63, 3.8) is 0 Å². The van der Waals surface area contributed by atoms with Gasteiger partial charge in [0.15, 0.2) is 0 Å². The summed E-state index contributed by atoms with van der Waals surface area (Å²) in [6.45, 7) is -0.0443. The molecule has 3 heteroatoms. The number of fused-ring (bicyclic) bond motifs is 1. The second-order valence-corrected chi connectivity index (χ2v) is 4.21. The summed E-state index contributed by atoms with van der Waals surface area (Å²) < 4.78 is 26.3. The molecule has 0 amide bonds. The van der Waals surface area contributed by atoms with Crippen molar-refractivity contribution in [3.05, 3.63) is 0 Å². The van der Waals surface area contributed by atoms with Gasteiger partial charge in [-0.05, 0) is 25.2 Å². The molecule has 62 valence electrons. The van der Waals surface area contributed by atoms with Crippen molar-refractivity contribution in [1.29, 1.82) is 0 Å². The number of aliphatic hydroxyl groups is 1. The second-order valence-electron chi connectivity index (χ2n) is 4.21. The van der Waals surface area contributed by atoms with Gasteiger partial charge in [0, 0.05) is 12.0 Å². The Morgan fingerprint density at radius 3 is 2.27 bits per heavy atom. The lowest BCUT2D eigenvalue weighted by Crippen LogP contribution is -1.98. The van der Waals surface area contributed by atoms with Gasteiger partial charge < -0.3 is 5.11 Å². The van der Waals surface area contributed by atoms with Crippen molar-refractivity contribution in [2.24, 2.45) is 16.7 Å². The fraction of sp³-hybridized carbons (Fsp3) is 1.00. The predicted octanol–water partition coefficient (Wildman–Crippen LogP) is 1.41. The molecule has 0 bridgehead atoms. The summed E-state index contributed by atoms with van der Waals surface area (Å²) in [6.07, 6.45) is 1.95. The van der Waals surface area contributed by atoms with Crippen LogP contribution in [-0.2, 0) is 0 Å². The third kappa shape index (κ3) is 0.360. The highest BCUT2D eigenvalue weighted by Gasteiger charge is 3.02. The van der Waals surface area contributed by atoms with Crippen molar-refractivity contribution < 1.29 is 13.9 Å². The van der Waals surface area contributed by atoms with Gasteiger partial charge in [0.25, 0.3) is 5.92 Å². The van der Waals surface area contributed by atoms with E-state index in [9.17, 15) is 8.78 Å². The predicted molar refractivity (Wildman–Crippen MR) is 34.2 cm³/mol. The fourth-order valence-corrected chi connectivity index (χ4v) is 3.10. The van der Waals surface area contributed by atoms with Crippen LogP contribution in [0.4, 0.5) is 8.78 Å². The number of hydrogen-bond donors (Lipinski definition) is 1. The summed E-state index contributed by atoms with van der Waals surface area (Å²) >= 11 is 0. The van der Waals surface area contributed by atoms with E-state index < -0.39 is 16.8 Å². The average Bonchev–Trinajstić information content (AvgIpc) is 2.83. The molecule has 0 aromatic heterocycles. The molecule has 0 radical (unpaired) electrons. The summed E-state index contributed by atoms with van der Waals surface area (Å²) in [7, 11) is 0. The zero-order valence-electron chi connectivity index (χ0n) is 6.11. The first-order chi connectivity index (χ1) is 5.12. The molecule has 3 rings (SSSR count). The monoisotopic (exact) mass is 160 g/mol. The van der Waals surface area contributed by atoms with Gasteiger partial charge in [-0.15, -0.1) is 0 Å². The highest BCUT2D eigenvalue weighted by Crippen LogP contribution is 2.97. The molecular weight excluding hydrogens is 150 g/mol. The standard InChI is InChI=1S/C8H10F2O/c9-8(10)6(1-2-6)7(8)3-5(7)4-11/h5,11H,1-4H2/t5?,7-/m1/s1. The van der Waals surface area contributed by atoms with Crippen LogP contribution in [0.3, 0.4) is 0 Å². The Bertz CT molecular complexity index is 228. The molecule has 0 aliphatic heterocycles. The molecule has 11 heavy (non-hydrogen) atoms. The van der Waals surface area contributed by atoms with E-state index in [1.807, 2.05) is 0 Å². The lowest BCUT2D eigenvalue weighted by molar-refractivity contribution is 0.0707. The molecule has 1 unspecified atom stereocenters. The summed E-state index contributed by atoms with van der Waals surface area (Å²) in [5.41, 5.74) is -1.33. The van der Waals surface area contributed by atoms with E-state index in [1.54, 1.807) is 0 Å². The van der Waals surface area contributed by atoms with E-state index in [0.717, 1.165) is 0 Å². The molecule has 2 atom stereocenters. The smallest absolute Gasteiger partial charge is 0.261 e. The van der Waals surface area contributed by atoms with Crippen LogP contribution in [0, 0.1) is 16.7 Å². The molecule has 0 aromatic rings. The van der Waals surface area contributed by atoms with Gasteiger partial charge in [0.2, 0.25) is 0 Å². The maximum Gasteiger partial charge on any atom is 0.261 e. The van der Waals surface area contributed by atoms with Crippen molar-refractivity contribution in [2.75, 3.05) is 6.61 Å². The largest absolute Gasteiger partial charge is 0.396 e. The van der Waals surface area contributed by atoms with Crippen LogP contribution in [0.1, 0.15) is 19.3 Å². The van der Waals surface area contributed by atoms with Crippen LogP contribution in [0.15, 0.2) is 0 Å². The average molecular weight is 160 g/mol. The Labute approximate surface area is 63.4 Å². The van der Waals surface area contributed by atoms with Gasteiger partial charge in [0.05, 0.1) is 5.41 Å². The summed E-state index contributed by atoms with van der Waals surface area (Å²) in [4.78, 5) is 0. The first-order valence-electron chi connectivity index (χ1n) is 4.11. The van der Waals surface area contributed by atoms with Gasteiger partial charge >= 0.3 is 0 Å². The third-order valence-corrected chi connectivity index (χ3v) is 4.03. The lowest BCUT2D eigenvalue weighted by Gasteiger charge is -1.89. The highest BCUT2D eigenvalue weighted by atomic mass is 19.3. The lowest BCUT2D eigenvalue weighted by atomic mass is 10.2. The van der Waals surface area contributed by atoms with Crippen LogP contribution in [0.2, 0.25) is 0 Å². The summed E-state index contributed by atoms with van der Waals surface area (Å²) in [5.74, 6) is -2.51. The van der Waals surface area contributed by atoms with Crippen molar-refractivity contribution >= 4 is 0 Å². The molecule has 3 aliphatic carbocycles. The second kappa shape index (κ2) is 1.24. The van der Waals surface area contributed by atoms with Gasteiger partial charge in [-0.3, -0.25) is 0 Å². The third-order valence-electron chi connectivity index (χ3n) is 4.03. The van der Waals surface area contributed by atoms with Gasteiger partial charge in [-0.25, -0.2) is 8.78 Å². The van der Waals surface area contributed by atoms with Crippen molar-refractivity contribution in [3.8, 4) is 0 Å². The van der Waals surface area contributed by atoms with E-state index in [4.69, 9.17) is 5.11 Å². The van der Waals surface area contributed by atoms with Crippen molar-refractivity contribution in [2.45, 2.75) is 25.2 Å². The first kappa shape index (κ1) is 6.35. The molecule has 3 saturated carbocycles. The van der Waals surface area contributed by atoms with Gasteiger partial charge in [-0.1, -0.05) is 0 Å². The van der Waals surface area contributed by atoms with Crippen molar-refractivity contribution in [1.82, 2.24) is 0 Å². The Balaban J connectivity index is 1.94. The minimum Gasteiger partial charge on any atom is -0.396 e. The molecule has 1 nitrogen and oxygen atoms in total. The minimum atomic E-state index is -2.42. The Morgan fingerprint density at radius 2 is 2.00 bits per heavy atom. The van der Waals surface area contributed by atoms with E-state index >= 15 is 0 Å². The van der Waals surface area contributed by atoms with E-state index in [2.05, 4.69) is 0 Å². The first-order valence-corrected chi connectivity index (χ1v) is 4.11. The molecular formula is C8H10F2O. The maximum atomic E-state index is 13.1. The van der Waals surface area contributed by atoms with Crippen LogP contribution in [0.5, 0.6) is 0 Å². The van der Waals surface area contributed by atoms with Crippen LogP contribution < -0.4 is 0 Å². The Morgan fingerprint density at radius 1 is 1.36 bits per heavy atom. The number of hydrogen-bond acceptors (Lipinski definition) is 1. The van der Waals surface area contributed by atoms with E-state index in [0.29, 0.717) is 19.3 Å². The van der Waals surface area contributed by atoms with Crippen LogP contribution >= 0.6 is 0 Å². The Hall–Kier alpha value is -0.180. The van der Waals surface area contributed by atoms with E-state index in [-0.39, 0.29) is 12.5 Å². The zero-order valence-corrected chi connectivity index (χ0v) is 6.11. The molecule has 3 fully saturated rings. The summed E-state index contributed by atoms with van der Waals surface area (Å²) in [6, 6.07) is 0. The summed E-state index contributed by atoms with van der Waals surface area (Å²) in [5, 5.41) is 8.74. The molecule has 0 heterocycles. The minimum absolute atomic E-state index is 0.0443. The topological polar surface area (TPSA) is 20.2 Å². The highest BCUT2D eigenvalue weighted by molar-refractivity contribution is 5.43. The molecule has 1 N–H and O–H groups in total. The van der Waals surface area contributed by atoms with Gasteiger partial charge in [-0.2, -0.15) is 0 Å². The van der Waals surface area contributed by atoms with Gasteiger partial charge in [0.1, 0.15) is 0 Å². The quantitative estimate of drug-likeness (QED) is 0.615. The molecule has 3 aliphatic rings. The maximum absolute atomic E-state index is 13.1. The molecule has 0 aromatic carbocycles. The number of aliphatic hydroxyl groups excluding tert-OH is 1. The van der Waals surface area contributed by atoms with Crippen LogP contribution in [0.25, 0.3) is 0 Å². The number of rotatable bonds is 1. The zero-order chi connectivity index (χ0) is 7.91. The SMILES string of the molecule is OCC1C[C@@]12C(F)(F)C21CC1. The Kier molecular flexibility index (Phi) is 0.716. The van der Waals surface area contributed by atoms with E-state index in [1.165, 1.54) is 0 Å². The van der Waals surface area contributed by atoms with Crippen LogP contribution in [-0.4, -0.2) is 17.6 Å². The molecule has 2 spiro atoms. The fourth-order valence-electron chi connectivity index (χ4n) is 3.10. The number of halogens is 2. The molecule has 0 saturated heterocycles. The normalized spacial score (nSPS) is 53.2. The number of alkyl halides is 2.